The molecule has 4 heteroatoms. The Hall–Kier alpha value is 0.0669. The van der Waals surface area contributed by atoms with E-state index in [1.54, 1.807) is 0 Å². The van der Waals surface area contributed by atoms with Gasteiger partial charge in [0.25, 0.3) is 0 Å². The summed E-state index contributed by atoms with van der Waals surface area (Å²) in [5.74, 6) is 0. The van der Waals surface area contributed by atoms with Crippen molar-refractivity contribution < 1.29 is 5.11 Å². The van der Waals surface area contributed by atoms with Crippen LogP contribution in [0.3, 0.4) is 0 Å². The predicted molar refractivity (Wildman–Crippen MR) is 55.8 cm³/mol. The van der Waals surface area contributed by atoms with Gasteiger partial charge in [0.15, 0.2) is 5.05 Å². The van der Waals surface area contributed by atoms with E-state index in [1.165, 1.54) is 0 Å². The number of rotatable bonds is 4. The standard InChI is InChI=1S/C7H17NOSSi/c1-8(11(2,3)4)6-5-7(9)10/h5-6H2,1-4H3,(H,9,10). The Balaban J connectivity index is 3.70. The Morgan fingerprint density at radius 2 is 1.91 bits per heavy atom. The minimum absolute atomic E-state index is 0.120. The highest BCUT2D eigenvalue weighted by atomic mass is 32.1. The first-order chi connectivity index (χ1) is 4.84. The molecule has 0 aliphatic rings. The molecule has 0 aromatic heterocycles. The molecule has 0 aliphatic carbocycles. The van der Waals surface area contributed by atoms with E-state index in [4.69, 9.17) is 5.11 Å². The minimum atomic E-state index is -1.16. The fraction of sp³-hybridized carbons (Fsp3) is 0.857. The van der Waals surface area contributed by atoms with Crippen molar-refractivity contribution in [3.8, 4) is 0 Å². The Kier molecular flexibility index (Phi) is 4.21. The van der Waals surface area contributed by atoms with Crippen LogP contribution in [0.5, 0.6) is 0 Å². The molecule has 0 spiro atoms. The zero-order valence-corrected chi connectivity index (χ0v) is 9.53. The summed E-state index contributed by atoms with van der Waals surface area (Å²) in [7, 11) is 0.923. The summed E-state index contributed by atoms with van der Waals surface area (Å²) < 4.78 is 2.30. The van der Waals surface area contributed by atoms with Crippen LogP contribution in [0.1, 0.15) is 6.42 Å². The van der Waals surface area contributed by atoms with Crippen LogP contribution in [0, 0.1) is 0 Å². The smallest absolute Gasteiger partial charge is 0.157 e. The first-order valence-electron chi connectivity index (χ1n) is 3.77. The summed E-state index contributed by atoms with van der Waals surface area (Å²) in [5, 5.41) is 8.91. The second-order valence-corrected chi connectivity index (χ2v) is 9.31. The van der Waals surface area contributed by atoms with Crippen molar-refractivity contribution >= 4 is 25.5 Å². The summed E-state index contributed by atoms with van der Waals surface area (Å²) >= 11 is 4.58. The molecular weight excluding hydrogens is 174 g/mol. The largest absolute Gasteiger partial charge is 0.502 e. The van der Waals surface area contributed by atoms with Gasteiger partial charge in [-0.05, 0) is 25.8 Å². The molecule has 0 aromatic rings. The summed E-state index contributed by atoms with van der Waals surface area (Å²) in [5.41, 5.74) is 0. The van der Waals surface area contributed by atoms with Gasteiger partial charge >= 0.3 is 0 Å². The highest BCUT2D eigenvalue weighted by Gasteiger charge is 2.19. The second-order valence-electron chi connectivity index (χ2n) is 3.74. The first-order valence-corrected chi connectivity index (χ1v) is 7.62. The lowest BCUT2D eigenvalue weighted by Crippen LogP contribution is -2.43. The lowest BCUT2D eigenvalue weighted by atomic mass is 10.4. The second kappa shape index (κ2) is 4.18. The van der Waals surface area contributed by atoms with E-state index in [-0.39, 0.29) is 5.05 Å². The van der Waals surface area contributed by atoms with Crippen molar-refractivity contribution in [1.82, 2.24) is 4.57 Å². The fourth-order valence-corrected chi connectivity index (χ4v) is 1.47. The minimum Gasteiger partial charge on any atom is -0.502 e. The Labute approximate surface area is 75.3 Å². The van der Waals surface area contributed by atoms with Gasteiger partial charge in [0, 0.05) is 6.42 Å². The van der Waals surface area contributed by atoms with Crippen LogP contribution in [-0.4, -0.2) is 36.6 Å². The van der Waals surface area contributed by atoms with Crippen molar-refractivity contribution in [2.75, 3.05) is 13.6 Å². The molecule has 0 atom stereocenters. The molecule has 0 saturated heterocycles. The third-order valence-corrected chi connectivity index (χ3v) is 4.52. The summed E-state index contributed by atoms with van der Waals surface area (Å²) in [6.45, 7) is 7.69. The molecule has 0 aliphatic heterocycles. The molecule has 66 valence electrons. The number of hydrogen-bond acceptors (Lipinski definition) is 2. The third kappa shape index (κ3) is 5.35. The topological polar surface area (TPSA) is 23.5 Å². The molecule has 0 fully saturated rings. The van der Waals surface area contributed by atoms with Crippen molar-refractivity contribution in [3.63, 3.8) is 0 Å². The molecule has 1 N–H and O–H groups in total. The molecule has 0 unspecified atom stereocenters. The molecule has 2 nitrogen and oxygen atoms in total. The normalized spacial score (nSPS) is 12.1. The monoisotopic (exact) mass is 191 g/mol. The summed E-state index contributed by atoms with van der Waals surface area (Å²) in [6.07, 6.45) is 0.621. The molecular formula is C7H17NOSSi. The average Bonchev–Trinajstić information content (AvgIpc) is 1.80. The van der Waals surface area contributed by atoms with Gasteiger partial charge in [-0.1, -0.05) is 19.6 Å². The first kappa shape index (κ1) is 11.1. The predicted octanol–water partition coefficient (Wildman–Crippen LogP) is 2.03. The number of hydrogen-bond donors (Lipinski definition) is 1. The van der Waals surface area contributed by atoms with Crippen LogP contribution < -0.4 is 0 Å². The molecule has 0 saturated carbocycles. The van der Waals surface area contributed by atoms with Crippen molar-refractivity contribution in [3.05, 3.63) is 0 Å². The summed E-state index contributed by atoms with van der Waals surface area (Å²) in [6, 6.07) is 0. The molecule has 0 rings (SSSR count). The van der Waals surface area contributed by atoms with Gasteiger partial charge in [-0.25, -0.2) is 0 Å². The maximum atomic E-state index is 8.79. The van der Waals surface area contributed by atoms with Crippen LogP contribution in [0.2, 0.25) is 19.6 Å². The molecule has 0 bridgehead atoms. The third-order valence-electron chi connectivity index (χ3n) is 1.81. The quantitative estimate of drug-likeness (QED) is 0.543. The number of nitrogens with zero attached hydrogens (tertiary/aromatic N) is 1. The van der Waals surface area contributed by atoms with E-state index in [9.17, 15) is 0 Å². The molecule has 0 heterocycles. The van der Waals surface area contributed by atoms with E-state index in [0.29, 0.717) is 6.42 Å². The molecule has 0 amide bonds. The Bertz CT molecular complexity index is 144. The Morgan fingerprint density at radius 1 is 1.45 bits per heavy atom. The SMILES string of the molecule is CN(CCC(O)=S)[Si](C)(C)C. The number of aliphatic hydroxyl groups excluding tert-OH is 1. The van der Waals surface area contributed by atoms with Gasteiger partial charge in [0.2, 0.25) is 0 Å². The summed E-state index contributed by atoms with van der Waals surface area (Å²) in [4.78, 5) is 0. The molecule has 11 heavy (non-hydrogen) atoms. The number of aliphatic hydroxyl groups is 1. The van der Waals surface area contributed by atoms with Crippen molar-refractivity contribution in [1.29, 1.82) is 0 Å². The van der Waals surface area contributed by atoms with E-state index in [2.05, 4.69) is 43.5 Å². The van der Waals surface area contributed by atoms with Crippen LogP contribution in [0.15, 0.2) is 0 Å². The van der Waals surface area contributed by atoms with Gasteiger partial charge in [0.1, 0.15) is 8.24 Å². The Morgan fingerprint density at radius 3 is 2.18 bits per heavy atom. The van der Waals surface area contributed by atoms with Crippen LogP contribution in [0.25, 0.3) is 0 Å². The lowest BCUT2D eigenvalue weighted by molar-refractivity contribution is 0.487. The van der Waals surface area contributed by atoms with Gasteiger partial charge in [-0.15, -0.1) is 0 Å². The van der Waals surface area contributed by atoms with Crippen LogP contribution >= 0.6 is 12.2 Å². The van der Waals surface area contributed by atoms with E-state index >= 15 is 0 Å². The highest BCUT2D eigenvalue weighted by molar-refractivity contribution is 7.80. The van der Waals surface area contributed by atoms with Gasteiger partial charge < -0.3 is 9.67 Å². The van der Waals surface area contributed by atoms with Gasteiger partial charge in [0.05, 0.1) is 0 Å². The van der Waals surface area contributed by atoms with E-state index in [1.807, 2.05) is 0 Å². The zero-order valence-electron chi connectivity index (χ0n) is 7.72. The highest BCUT2D eigenvalue weighted by Crippen LogP contribution is 2.06. The maximum Gasteiger partial charge on any atom is 0.157 e. The van der Waals surface area contributed by atoms with E-state index < -0.39 is 8.24 Å². The molecule has 0 aromatic carbocycles. The van der Waals surface area contributed by atoms with Crippen molar-refractivity contribution in [2.45, 2.75) is 26.1 Å². The zero-order chi connectivity index (χ0) is 9.07. The van der Waals surface area contributed by atoms with Gasteiger partial charge in [-0.3, -0.25) is 0 Å². The van der Waals surface area contributed by atoms with Crippen LogP contribution in [0.4, 0.5) is 0 Å². The average molecular weight is 191 g/mol. The molecule has 0 radical (unpaired) electrons. The van der Waals surface area contributed by atoms with E-state index in [0.717, 1.165) is 6.54 Å². The van der Waals surface area contributed by atoms with Crippen LogP contribution in [-0.2, 0) is 0 Å². The van der Waals surface area contributed by atoms with Gasteiger partial charge in [-0.2, -0.15) is 0 Å². The van der Waals surface area contributed by atoms with Crippen molar-refractivity contribution in [2.24, 2.45) is 0 Å². The maximum absolute atomic E-state index is 8.79. The lowest BCUT2D eigenvalue weighted by Gasteiger charge is -2.29. The number of thiocarbonyl (C=S) groups is 1. The fourth-order valence-electron chi connectivity index (χ4n) is 0.599.